The zero-order chi connectivity index (χ0) is 15.0. The summed E-state index contributed by atoms with van der Waals surface area (Å²) in [4.78, 5) is 13.0. The molecular weight excluding hydrogens is 304 g/mol. The molecule has 0 unspecified atom stereocenters. The van der Waals surface area contributed by atoms with Gasteiger partial charge in [0.25, 0.3) is 5.91 Å². The van der Waals surface area contributed by atoms with Crippen molar-refractivity contribution in [3.05, 3.63) is 57.9 Å². The molecule has 3 nitrogen and oxygen atoms in total. The maximum absolute atomic E-state index is 12.4. The van der Waals surface area contributed by atoms with Crippen molar-refractivity contribution in [2.75, 3.05) is 11.1 Å². The second-order valence-electron chi connectivity index (χ2n) is 4.79. The van der Waals surface area contributed by atoms with Crippen LogP contribution in [0.5, 0.6) is 0 Å². The summed E-state index contributed by atoms with van der Waals surface area (Å²) < 4.78 is 1.09. The van der Waals surface area contributed by atoms with Gasteiger partial charge in [-0.15, -0.1) is 11.3 Å². The van der Waals surface area contributed by atoms with Gasteiger partial charge in [-0.25, -0.2) is 0 Å². The van der Waals surface area contributed by atoms with Gasteiger partial charge >= 0.3 is 0 Å². The molecule has 0 aliphatic heterocycles. The number of rotatable bonds is 2. The summed E-state index contributed by atoms with van der Waals surface area (Å²) in [6.07, 6.45) is 0. The lowest BCUT2D eigenvalue weighted by Gasteiger charge is -2.09. The molecular formula is C16H13ClN2OS. The van der Waals surface area contributed by atoms with Gasteiger partial charge in [0.15, 0.2) is 0 Å². The van der Waals surface area contributed by atoms with E-state index < -0.39 is 0 Å². The van der Waals surface area contributed by atoms with E-state index in [1.807, 2.05) is 37.3 Å². The zero-order valence-electron chi connectivity index (χ0n) is 11.3. The topological polar surface area (TPSA) is 55.1 Å². The van der Waals surface area contributed by atoms with Crippen LogP contribution in [0.2, 0.25) is 5.02 Å². The molecule has 0 fully saturated rings. The highest BCUT2D eigenvalue weighted by atomic mass is 35.5. The van der Waals surface area contributed by atoms with Crippen LogP contribution in [0.1, 0.15) is 15.2 Å². The van der Waals surface area contributed by atoms with Gasteiger partial charge in [0.2, 0.25) is 0 Å². The van der Waals surface area contributed by atoms with Gasteiger partial charge in [-0.2, -0.15) is 0 Å². The molecule has 0 saturated carbocycles. The lowest BCUT2D eigenvalue weighted by Crippen LogP contribution is -2.11. The van der Waals surface area contributed by atoms with Crippen LogP contribution in [0.4, 0.5) is 11.4 Å². The van der Waals surface area contributed by atoms with E-state index in [9.17, 15) is 4.79 Å². The van der Waals surface area contributed by atoms with Crippen LogP contribution < -0.4 is 11.1 Å². The lowest BCUT2D eigenvalue weighted by molar-refractivity contribution is 0.103. The molecule has 0 saturated heterocycles. The normalized spacial score (nSPS) is 10.8. The van der Waals surface area contributed by atoms with E-state index in [1.54, 1.807) is 12.1 Å². The van der Waals surface area contributed by atoms with E-state index in [0.29, 0.717) is 21.3 Å². The Balaban J connectivity index is 1.91. The number of anilines is 2. The number of nitrogens with two attached hydrogens (primary N) is 1. The summed E-state index contributed by atoms with van der Waals surface area (Å²) in [5.41, 5.74) is 7.81. The fraction of sp³-hybridized carbons (Fsp3) is 0.0625. The number of fused-ring (bicyclic) bond motifs is 1. The van der Waals surface area contributed by atoms with Gasteiger partial charge in [-0.3, -0.25) is 4.79 Å². The number of hydrogen-bond donors (Lipinski definition) is 2. The maximum Gasteiger partial charge on any atom is 0.265 e. The smallest absolute Gasteiger partial charge is 0.265 e. The van der Waals surface area contributed by atoms with Crippen LogP contribution in [-0.2, 0) is 0 Å². The Hall–Kier alpha value is -2.04. The number of amides is 1. The van der Waals surface area contributed by atoms with Crippen molar-refractivity contribution >= 4 is 50.3 Å². The molecule has 106 valence electrons. The molecule has 0 bridgehead atoms. The van der Waals surface area contributed by atoms with E-state index in [4.69, 9.17) is 17.3 Å². The summed E-state index contributed by atoms with van der Waals surface area (Å²) in [5, 5.41) is 4.39. The van der Waals surface area contributed by atoms with E-state index >= 15 is 0 Å². The van der Waals surface area contributed by atoms with E-state index in [0.717, 1.165) is 15.6 Å². The van der Waals surface area contributed by atoms with Crippen LogP contribution in [0.3, 0.4) is 0 Å². The minimum Gasteiger partial charge on any atom is -0.398 e. The highest BCUT2D eigenvalue weighted by Crippen LogP contribution is 2.29. The van der Waals surface area contributed by atoms with Crippen molar-refractivity contribution in [1.29, 1.82) is 0 Å². The summed E-state index contributed by atoms with van der Waals surface area (Å²) >= 11 is 7.47. The van der Waals surface area contributed by atoms with Crippen LogP contribution in [0, 0.1) is 6.92 Å². The average Bonchev–Trinajstić information content (AvgIpc) is 2.88. The number of benzene rings is 2. The van der Waals surface area contributed by atoms with Crippen molar-refractivity contribution in [2.24, 2.45) is 0 Å². The number of nitrogen functional groups attached to an aromatic ring is 1. The predicted octanol–water partition coefficient (Wildman–Crippen LogP) is 4.70. The molecule has 0 atom stereocenters. The SMILES string of the molecule is Cc1cc(N)c(Cl)cc1NC(=O)c1cc2ccccc2s1. The standard InChI is InChI=1S/C16H13ClN2OS/c1-9-6-12(18)11(17)8-13(9)19-16(20)15-7-10-4-2-3-5-14(10)21-15/h2-8H,18H2,1H3,(H,19,20). The van der Waals surface area contributed by atoms with Crippen LogP contribution >= 0.6 is 22.9 Å². The Bertz CT molecular complexity index is 808. The van der Waals surface area contributed by atoms with Crippen molar-refractivity contribution in [3.8, 4) is 0 Å². The molecule has 3 rings (SSSR count). The Morgan fingerprint density at radius 2 is 2.00 bits per heavy atom. The summed E-state index contributed by atoms with van der Waals surface area (Å²) in [6, 6.07) is 13.2. The largest absolute Gasteiger partial charge is 0.398 e. The molecule has 0 aliphatic rings. The van der Waals surface area contributed by atoms with Gasteiger partial charge in [0, 0.05) is 10.4 Å². The first-order valence-electron chi connectivity index (χ1n) is 6.40. The Kier molecular flexibility index (Phi) is 3.57. The third-order valence-corrected chi connectivity index (χ3v) is 4.68. The molecule has 0 radical (unpaired) electrons. The molecule has 0 aliphatic carbocycles. The molecule has 21 heavy (non-hydrogen) atoms. The molecule has 0 spiro atoms. The molecule has 1 amide bonds. The van der Waals surface area contributed by atoms with E-state index in [2.05, 4.69) is 5.32 Å². The molecule has 3 aromatic rings. The van der Waals surface area contributed by atoms with Crippen LogP contribution in [0.15, 0.2) is 42.5 Å². The van der Waals surface area contributed by atoms with E-state index in [-0.39, 0.29) is 5.91 Å². The summed E-state index contributed by atoms with van der Waals surface area (Å²) in [7, 11) is 0. The monoisotopic (exact) mass is 316 g/mol. The number of hydrogen-bond acceptors (Lipinski definition) is 3. The summed E-state index contributed by atoms with van der Waals surface area (Å²) in [6.45, 7) is 1.88. The highest BCUT2D eigenvalue weighted by Gasteiger charge is 2.12. The van der Waals surface area contributed by atoms with Crippen LogP contribution in [0.25, 0.3) is 10.1 Å². The van der Waals surface area contributed by atoms with Crippen molar-refractivity contribution < 1.29 is 4.79 Å². The number of aryl methyl sites for hydroxylation is 1. The fourth-order valence-corrected chi connectivity index (χ4v) is 3.24. The quantitative estimate of drug-likeness (QED) is 0.673. The number of thiophene rings is 1. The van der Waals surface area contributed by atoms with Gasteiger partial charge in [-0.05, 0) is 42.1 Å². The van der Waals surface area contributed by atoms with Crippen molar-refractivity contribution in [2.45, 2.75) is 6.92 Å². The van der Waals surface area contributed by atoms with E-state index in [1.165, 1.54) is 11.3 Å². The van der Waals surface area contributed by atoms with Gasteiger partial charge < -0.3 is 11.1 Å². The number of carbonyl (C=O) groups excluding carboxylic acids is 1. The fourth-order valence-electron chi connectivity index (χ4n) is 2.12. The second kappa shape index (κ2) is 5.39. The van der Waals surface area contributed by atoms with Gasteiger partial charge in [0.05, 0.1) is 15.6 Å². The highest BCUT2D eigenvalue weighted by molar-refractivity contribution is 7.20. The first-order chi connectivity index (χ1) is 10.0. The Morgan fingerprint density at radius 1 is 1.24 bits per heavy atom. The number of nitrogens with one attached hydrogen (secondary N) is 1. The molecule has 1 heterocycles. The van der Waals surface area contributed by atoms with Gasteiger partial charge in [-0.1, -0.05) is 29.8 Å². The average molecular weight is 317 g/mol. The second-order valence-corrected chi connectivity index (χ2v) is 6.28. The minimum atomic E-state index is -0.139. The number of carbonyl (C=O) groups is 1. The molecule has 1 aromatic heterocycles. The van der Waals surface area contributed by atoms with Crippen molar-refractivity contribution in [1.82, 2.24) is 0 Å². The van der Waals surface area contributed by atoms with Crippen molar-refractivity contribution in [3.63, 3.8) is 0 Å². The van der Waals surface area contributed by atoms with Crippen LogP contribution in [-0.4, -0.2) is 5.91 Å². The molecule has 2 aromatic carbocycles. The third-order valence-electron chi connectivity index (χ3n) is 3.24. The zero-order valence-corrected chi connectivity index (χ0v) is 12.9. The Morgan fingerprint density at radius 3 is 2.76 bits per heavy atom. The van der Waals surface area contributed by atoms with Gasteiger partial charge in [0.1, 0.15) is 0 Å². The first kappa shape index (κ1) is 13.9. The lowest BCUT2D eigenvalue weighted by atomic mass is 10.1. The predicted molar refractivity (Wildman–Crippen MR) is 90.4 cm³/mol. The Labute approximate surface area is 131 Å². The third kappa shape index (κ3) is 2.73. The molecule has 5 heteroatoms. The first-order valence-corrected chi connectivity index (χ1v) is 7.59. The minimum absolute atomic E-state index is 0.139. The molecule has 3 N–H and O–H groups in total. The summed E-state index contributed by atoms with van der Waals surface area (Å²) in [5.74, 6) is -0.139. The number of halogens is 1. The maximum atomic E-state index is 12.4.